The minimum atomic E-state index is 1.13. The highest BCUT2D eigenvalue weighted by Crippen LogP contribution is 2.13. The van der Waals surface area contributed by atoms with E-state index >= 15 is 0 Å². The number of hydrogen-bond donors (Lipinski definition) is 0. The van der Waals surface area contributed by atoms with E-state index in [1.165, 1.54) is 5.70 Å². The van der Waals surface area contributed by atoms with Gasteiger partial charge >= 0.3 is 0 Å². The van der Waals surface area contributed by atoms with E-state index in [2.05, 4.69) is 27.6 Å². The molecule has 0 amide bonds. The lowest BCUT2D eigenvalue weighted by Crippen LogP contribution is -1.62. The predicted molar refractivity (Wildman–Crippen MR) is 39.8 cm³/mol. The van der Waals surface area contributed by atoms with Crippen molar-refractivity contribution in [2.24, 2.45) is 4.99 Å². The van der Waals surface area contributed by atoms with E-state index in [0.29, 0.717) is 0 Å². The van der Waals surface area contributed by atoms with Crippen LogP contribution in [0, 0.1) is 0 Å². The number of allylic oxidation sites excluding steroid dienone is 1. The summed E-state index contributed by atoms with van der Waals surface area (Å²) in [6, 6.07) is 0. The summed E-state index contributed by atoms with van der Waals surface area (Å²) in [7, 11) is 0. The van der Waals surface area contributed by atoms with Crippen molar-refractivity contribution in [1.29, 1.82) is 0 Å². The van der Waals surface area contributed by atoms with Crippen LogP contribution in [0.25, 0.3) is 0 Å². The molecule has 0 spiro atoms. The van der Waals surface area contributed by atoms with Gasteiger partial charge in [0.15, 0.2) is 0 Å². The fourth-order valence-electron chi connectivity index (χ4n) is 0.542. The Labute approximate surface area is 56.7 Å². The highest BCUT2D eigenvalue weighted by molar-refractivity contribution is 14.1. The lowest BCUT2D eigenvalue weighted by Gasteiger charge is -1.81. The maximum absolute atomic E-state index is 4.08. The van der Waals surface area contributed by atoms with Gasteiger partial charge in [-0.2, -0.15) is 0 Å². The number of halogens is 1. The number of aliphatic imine (C=N–C) groups is 1. The van der Waals surface area contributed by atoms with Crippen LogP contribution in [0.1, 0.15) is 12.8 Å². The lowest BCUT2D eigenvalue weighted by atomic mass is 10.3. The SMILES string of the molecule is I/C=C1\CCC=N1. The van der Waals surface area contributed by atoms with Gasteiger partial charge in [0.1, 0.15) is 0 Å². The first-order valence-electron chi connectivity index (χ1n) is 2.25. The van der Waals surface area contributed by atoms with Crippen molar-refractivity contribution in [2.45, 2.75) is 12.8 Å². The molecule has 0 aromatic rings. The van der Waals surface area contributed by atoms with Crippen LogP contribution in [0.2, 0.25) is 0 Å². The highest BCUT2D eigenvalue weighted by atomic mass is 127. The third kappa shape index (κ3) is 1.26. The van der Waals surface area contributed by atoms with Crippen LogP contribution in [0.3, 0.4) is 0 Å². The third-order valence-electron chi connectivity index (χ3n) is 0.913. The van der Waals surface area contributed by atoms with Gasteiger partial charge < -0.3 is 0 Å². The van der Waals surface area contributed by atoms with Crippen LogP contribution in [-0.4, -0.2) is 6.21 Å². The molecule has 1 nitrogen and oxygen atoms in total. The molecule has 1 aliphatic heterocycles. The van der Waals surface area contributed by atoms with Gasteiger partial charge in [-0.3, -0.25) is 4.99 Å². The van der Waals surface area contributed by atoms with Crippen LogP contribution in [-0.2, 0) is 0 Å². The minimum absolute atomic E-state index is 1.13. The van der Waals surface area contributed by atoms with Gasteiger partial charge in [-0.05, 0) is 16.9 Å². The smallest absolute Gasteiger partial charge is 0.0463 e. The molecular formula is C5H6IN. The molecule has 0 radical (unpaired) electrons. The molecular weight excluding hydrogens is 201 g/mol. The molecule has 0 fully saturated rings. The van der Waals surface area contributed by atoms with Crippen LogP contribution >= 0.6 is 22.6 Å². The molecule has 38 valence electrons. The maximum Gasteiger partial charge on any atom is 0.0463 e. The molecule has 0 unspecified atom stereocenters. The molecule has 0 N–H and O–H groups in total. The molecule has 0 aromatic heterocycles. The molecule has 1 aliphatic rings. The Morgan fingerprint density at radius 3 is 3.00 bits per heavy atom. The summed E-state index contributed by atoms with van der Waals surface area (Å²) in [4.78, 5) is 4.08. The molecule has 2 heteroatoms. The van der Waals surface area contributed by atoms with E-state index < -0.39 is 0 Å². The summed E-state index contributed by atoms with van der Waals surface area (Å²) >= 11 is 2.21. The second kappa shape index (κ2) is 2.45. The normalized spacial score (nSPS) is 24.4. The second-order valence-electron chi connectivity index (χ2n) is 1.45. The van der Waals surface area contributed by atoms with Gasteiger partial charge in [0.25, 0.3) is 0 Å². The largest absolute Gasteiger partial charge is 0.265 e. The van der Waals surface area contributed by atoms with E-state index in [4.69, 9.17) is 0 Å². The van der Waals surface area contributed by atoms with Gasteiger partial charge in [0, 0.05) is 11.9 Å². The van der Waals surface area contributed by atoms with E-state index in [-0.39, 0.29) is 0 Å². The van der Waals surface area contributed by atoms with Crippen molar-refractivity contribution in [3.05, 3.63) is 9.78 Å². The zero-order valence-electron chi connectivity index (χ0n) is 3.89. The number of hydrogen-bond acceptors (Lipinski definition) is 1. The Hall–Kier alpha value is 0.140. The second-order valence-corrected chi connectivity index (χ2v) is 2.07. The fraction of sp³-hybridized carbons (Fsp3) is 0.400. The molecule has 1 rings (SSSR count). The average Bonchev–Trinajstić information content (AvgIpc) is 2.14. The van der Waals surface area contributed by atoms with Crippen molar-refractivity contribution in [3.8, 4) is 0 Å². The van der Waals surface area contributed by atoms with Crippen LogP contribution in [0.15, 0.2) is 14.8 Å². The van der Waals surface area contributed by atoms with E-state index in [1.54, 1.807) is 0 Å². The summed E-state index contributed by atoms with van der Waals surface area (Å²) in [5, 5.41) is 0. The summed E-state index contributed by atoms with van der Waals surface area (Å²) < 4.78 is 2.03. The monoisotopic (exact) mass is 207 g/mol. The quantitative estimate of drug-likeness (QED) is 0.539. The first kappa shape index (κ1) is 5.28. The molecule has 0 atom stereocenters. The van der Waals surface area contributed by atoms with Gasteiger partial charge in [-0.15, -0.1) is 0 Å². The molecule has 0 bridgehead atoms. The topological polar surface area (TPSA) is 12.4 Å². The Morgan fingerprint density at radius 1 is 1.86 bits per heavy atom. The number of nitrogens with zero attached hydrogens (tertiary/aromatic N) is 1. The standard InChI is InChI=1S/C5H6IN/c6-4-5-2-1-3-7-5/h3-4H,1-2H2/b5-4+. The molecule has 1 heterocycles. The van der Waals surface area contributed by atoms with Crippen LogP contribution < -0.4 is 0 Å². The van der Waals surface area contributed by atoms with Crippen molar-refractivity contribution in [3.63, 3.8) is 0 Å². The van der Waals surface area contributed by atoms with Gasteiger partial charge in [0.05, 0.1) is 0 Å². The van der Waals surface area contributed by atoms with E-state index in [1.807, 2.05) is 10.3 Å². The van der Waals surface area contributed by atoms with Crippen molar-refractivity contribution >= 4 is 28.8 Å². The van der Waals surface area contributed by atoms with Gasteiger partial charge in [-0.25, -0.2) is 0 Å². The third-order valence-corrected chi connectivity index (χ3v) is 1.63. The molecule has 0 aromatic carbocycles. The summed E-state index contributed by atoms with van der Waals surface area (Å²) in [6.45, 7) is 0. The van der Waals surface area contributed by atoms with Crippen molar-refractivity contribution in [2.75, 3.05) is 0 Å². The summed E-state index contributed by atoms with van der Waals surface area (Å²) in [5.74, 6) is 0. The fourth-order valence-corrected chi connectivity index (χ4v) is 1.01. The van der Waals surface area contributed by atoms with Gasteiger partial charge in [-0.1, -0.05) is 22.6 Å². The zero-order valence-corrected chi connectivity index (χ0v) is 6.05. The van der Waals surface area contributed by atoms with Crippen molar-refractivity contribution < 1.29 is 0 Å². The van der Waals surface area contributed by atoms with E-state index in [9.17, 15) is 0 Å². The van der Waals surface area contributed by atoms with Gasteiger partial charge in [0.2, 0.25) is 0 Å². The van der Waals surface area contributed by atoms with Crippen LogP contribution in [0.5, 0.6) is 0 Å². The number of rotatable bonds is 0. The van der Waals surface area contributed by atoms with Crippen molar-refractivity contribution in [1.82, 2.24) is 0 Å². The predicted octanol–water partition coefficient (Wildman–Crippen LogP) is 2.13. The highest BCUT2D eigenvalue weighted by Gasteiger charge is 1.96. The Balaban J connectivity index is 2.59. The first-order chi connectivity index (χ1) is 3.43. The average molecular weight is 207 g/mol. The molecule has 7 heavy (non-hydrogen) atoms. The van der Waals surface area contributed by atoms with Crippen LogP contribution in [0.4, 0.5) is 0 Å². The summed E-state index contributed by atoms with van der Waals surface area (Å²) in [5.41, 5.74) is 1.22. The Kier molecular flexibility index (Phi) is 1.85. The molecule has 0 saturated heterocycles. The Bertz CT molecular complexity index is 112. The minimum Gasteiger partial charge on any atom is -0.265 e. The zero-order chi connectivity index (χ0) is 5.11. The maximum atomic E-state index is 4.08. The lowest BCUT2D eigenvalue weighted by molar-refractivity contribution is 1.08. The first-order valence-corrected chi connectivity index (χ1v) is 3.50. The molecule has 0 saturated carbocycles. The molecule has 0 aliphatic carbocycles. The summed E-state index contributed by atoms with van der Waals surface area (Å²) in [6.07, 6.45) is 4.24. The Morgan fingerprint density at radius 2 is 2.71 bits per heavy atom. The van der Waals surface area contributed by atoms with E-state index in [0.717, 1.165) is 12.8 Å².